The summed E-state index contributed by atoms with van der Waals surface area (Å²) >= 11 is 0. The van der Waals surface area contributed by atoms with Gasteiger partial charge in [-0.05, 0) is 30.2 Å². The number of carbonyl (C=O) groups is 1. The van der Waals surface area contributed by atoms with Gasteiger partial charge < -0.3 is 4.90 Å². The Morgan fingerprint density at radius 3 is 2.79 bits per heavy atom. The van der Waals surface area contributed by atoms with E-state index in [4.69, 9.17) is 0 Å². The van der Waals surface area contributed by atoms with Crippen LogP contribution in [0.3, 0.4) is 0 Å². The SMILES string of the molecule is O=C(c1ccn(CC(F)(F)F)n1)N1CCC=C(c2ccccn2)C1. The molecule has 126 valence electrons. The van der Waals surface area contributed by atoms with Crippen LogP contribution in [0.1, 0.15) is 22.6 Å². The van der Waals surface area contributed by atoms with Gasteiger partial charge in [0.1, 0.15) is 12.2 Å². The first kappa shape index (κ1) is 16.2. The summed E-state index contributed by atoms with van der Waals surface area (Å²) in [6, 6.07) is 6.84. The Morgan fingerprint density at radius 1 is 1.25 bits per heavy atom. The van der Waals surface area contributed by atoms with E-state index in [-0.39, 0.29) is 11.6 Å². The van der Waals surface area contributed by atoms with E-state index in [9.17, 15) is 18.0 Å². The number of hydrogen-bond acceptors (Lipinski definition) is 3. The average molecular weight is 336 g/mol. The van der Waals surface area contributed by atoms with Gasteiger partial charge in [-0.25, -0.2) is 0 Å². The maximum atomic E-state index is 12.5. The molecule has 0 bridgehead atoms. The van der Waals surface area contributed by atoms with Crippen molar-refractivity contribution < 1.29 is 18.0 Å². The summed E-state index contributed by atoms with van der Waals surface area (Å²) < 4.78 is 37.9. The normalized spacial score (nSPS) is 15.3. The van der Waals surface area contributed by atoms with Gasteiger partial charge in [-0.3, -0.25) is 14.5 Å². The highest BCUT2D eigenvalue weighted by atomic mass is 19.4. The molecule has 0 radical (unpaired) electrons. The number of aromatic nitrogens is 3. The zero-order valence-corrected chi connectivity index (χ0v) is 12.7. The van der Waals surface area contributed by atoms with Gasteiger partial charge >= 0.3 is 6.18 Å². The molecule has 0 saturated heterocycles. The van der Waals surface area contributed by atoms with E-state index in [1.807, 2.05) is 24.3 Å². The first-order valence-corrected chi connectivity index (χ1v) is 7.42. The van der Waals surface area contributed by atoms with Crippen LogP contribution in [0.2, 0.25) is 0 Å². The molecule has 0 spiro atoms. The maximum Gasteiger partial charge on any atom is 0.408 e. The zero-order valence-electron chi connectivity index (χ0n) is 12.7. The predicted molar refractivity (Wildman–Crippen MR) is 81.0 cm³/mol. The van der Waals surface area contributed by atoms with Crippen LogP contribution in [0.15, 0.2) is 42.7 Å². The lowest BCUT2D eigenvalue weighted by Gasteiger charge is -2.26. The maximum absolute atomic E-state index is 12.5. The van der Waals surface area contributed by atoms with Crippen molar-refractivity contribution in [3.63, 3.8) is 0 Å². The standard InChI is InChI=1S/C16H15F3N4O/c17-16(18,19)11-23-9-6-14(21-23)15(24)22-8-3-4-12(10-22)13-5-1-2-7-20-13/h1-2,4-7,9H,3,8,10-11H2. The van der Waals surface area contributed by atoms with E-state index >= 15 is 0 Å². The van der Waals surface area contributed by atoms with Crippen LogP contribution in [0.5, 0.6) is 0 Å². The Kier molecular flexibility index (Phi) is 4.37. The van der Waals surface area contributed by atoms with E-state index < -0.39 is 12.7 Å². The molecular weight excluding hydrogens is 321 g/mol. The van der Waals surface area contributed by atoms with Crippen molar-refractivity contribution in [2.75, 3.05) is 13.1 Å². The van der Waals surface area contributed by atoms with Gasteiger partial charge in [-0.15, -0.1) is 0 Å². The second kappa shape index (κ2) is 6.46. The highest BCUT2D eigenvalue weighted by molar-refractivity contribution is 5.93. The van der Waals surface area contributed by atoms with E-state index in [1.54, 1.807) is 11.1 Å². The van der Waals surface area contributed by atoms with Crippen LogP contribution < -0.4 is 0 Å². The summed E-state index contributed by atoms with van der Waals surface area (Å²) in [6.07, 6.45) is 1.16. The topological polar surface area (TPSA) is 51.0 Å². The molecule has 0 aromatic carbocycles. The van der Waals surface area contributed by atoms with Crippen LogP contribution in [-0.2, 0) is 6.54 Å². The van der Waals surface area contributed by atoms with Gasteiger partial charge in [0, 0.05) is 25.5 Å². The van der Waals surface area contributed by atoms with Crippen LogP contribution in [0.4, 0.5) is 13.2 Å². The van der Waals surface area contributed by atoms with Crippen molar-refractivity contribution in [3.05, 3.63) is 54.1 Å². The fraction of sp³-hybridized carbons (Fsp3) is 0.312. The third-order valence-electron chi connectivity index (χ3n) is 3.63. The lowest BCUT2D eigenvalue weighted by atomic mass is 10.1. The average Bonchev–Trinajstić information content (AvgIpc) is 3.01. The summed E-state index contributed by atoms with van der Waals surface area (Å²) in [5.41, 5.74) is 1.73. The van der Waals surface area contributed by atoms with Crippen LogP contribution in [0.25, 0.3) is 5.57 Å². The first-order valence-electron chi connectivity index (χ1n) is 7.42. The summed E-state index contributed by atoms with van der Waals surface area (Å²) in [4.78, 5) is 18.3. The molecule has 5 nitrogen and oxygen atoms in total. The number of alkyl halides is 3. The lowest BCUT2D eigenvalue weighted by Crippen LogP contribution is -2.36. The van der Waals surface area contributed by atoms with E-state index in [0.29, 0.717) is 19.5 Å². The van der Waals surface area contributed by atoms with E-state index in [0.717, 1.165) is 15.9 Å². The fourth-order valence-corrected chi connectivity index (χ4v) is 2.56. The molecule has 0 atom stereocenters. The van der Waals surface area contributed by atoms with Gasteiger partial charge in [0.2, 0.25) is 0 Å². The molecule has 0 saturated carbocycles. The highest BCUT2D eigenvalue weighted by Gasteiger charge is 2.29. The molecule has 0 N–H and O–H groups in total. The molecule has 2 aromatic rings. The monoisotopic (exact) mass is 336 g/mol. The smallest absolute Gasteiger partial charge is 0.333 e. The Hall–Kier alpha value is -2.64. The number of pyridine rings is 1. The van der Waals surface area contributed by atoms with E-state index in [1.165, 1.54) is 12.3 Å². The van der Waals surface area contributed by atoms with Crippen molar-refractivity contribution in [1.82, 2.24) is 19.7 Å². The Morgan fingerprint density at radius 2 is 2.08 bits per heavy atom. The number of amides is 1. The minimum Gasteiger partial charge on any atom is -0.333 e. The molecule has 3 heterocycles. The number of halogens is 3. The lowest BCUT2D eigenvalue weighted by molar-refractivity contribution is -0.142. The molecular formula is C16H15F3N4O. The molecule has 1 aliphatic heterocycles. The minimum atomic E-state index is -4.37. The molecule has 0 unspecified atom stereocenters. The predicted octanol–water partition coefficient (Wildman–Crippen LogP) is 2.77. The van der Waals surface area contributed by atoms with Gasteiger partial charge in [-0.2, -0.15) is 18.3 Å². The molecule has 0 fully saturated rings. The third kappa shape index (κ3) is 3.81. The van der Waals surface area contributed by atoms with Crippen LogP contribution in [-0.4, -0.2) is 44.8 Å². The number of hydrogen-bond donors (Lipinski definition) is 0. The molecule has 3 rings (SSSR count). The van der Waals surface area contributed by atoms with Gasteiger partial charge in [0.15, 0.2) is 0 Å². The van der Waals surface area contributed by atoms with Crippen LogP contribution in [0, 0.1) is 0 Å². The Balaban J connectivity index is 1.71. The van der Waals surface area contributed by atoms with Crippen molar-refractivity contribution in [2.45, 2.75) is 19.1 Å². The summed E-state index contributed by atoms with van der Waals surface area (Å²) in [6.45, 7) is -0.345. The first-order chi connectivity index (χ1) is 11.4. The van der Waals surface area contributed by atoms with Gasteiger partial charge in [0.05, 0.1) is 5.69 Å². The molecule has 2 aromatic heterocycles. The van der Waals surface area contributed by atoms with Gasteiger partial charge in [0.25, 0.3) is 5.91 Å². The van der Waals surface area contributed by atoms with Crippen LogP contribution >= 0.6 is 0 Å². The summed E-state index contributed by atoms with van der Waals surface area (Å²) in [5, 5.41) is 3.74. The molecule has 1 amide bonds. The summed E-state index contributed by atoms with van der Waals surface area (Å²) in [7, 11) is 0. The quantitative estimate of drug-likeness (QED) is 0.866. The molecule has 8 heteroatoms. The van der Waals surface area contributed by atoms with E-state index in [2.05, 4.69) is 10.1 Å². The second-order valence-electron chi connectivity index (χ2n) is 5.47. The van der Waals surface area contributed by atoms with Crippen molar-refractivity contribution >= 4 is 11.5 Å². The number of rotatable bonds is 3. The van der Waals surface area contributed by atoms with Gasteiger partial charge in [-0.1, -0.05) is 12.1 Å². The largest absolute Gasteiger partial charge is 0.408 e. The molecule has 1 aliphatic rings. The van der Waals surface area contributed by atoms with Crippen molar-refractivity contribution in [2.24, 2.45) is 0 Å². The number of carbonyl (C=O) groups excluding carboxylic acids is 1. The Labute approximate surface area is 136 Å². The fourth-order valence-electron chi connectivity index (χ4n) is 2.56. The second-order valence-corrected chi connectivity index (χ2v) is 5.47. The number of nitrogens with zero attached hydrogens (tertiary/aromatic N) is 4. The summed E-state index contributed by atoms with van der Waals surface area (Å²) in [5.74, 6) is -0.377. The Bertz CT molecular complexity index is 752. The third-order valence-corrected chi connectivity index (χ3v) is 3.63. The van der Waals surface area contributed by atoms with Crippen molar-refractivity contribution in [3.8, 4) is 0 Å². The zero-order chi connectivity index (χ0) is 17.2. The molecule has 24 heavy (non-hydrogen) atoms. The molecule has 0 aliphatic carbocycles. The highest BCUT2D eigenvalue weighted by Crippen LogP contribution is 2.21. The van der Waals surface area contributed by atoms with Crippen molar-refractivity contribution in [1.29, 1.82) is 0 Å². The minimum absolute atomic E-state index is 0.0153.